The van der Waals surface area contributed by atoms with E-state index in [0.717, 1.165) is 22.3 Å². The number of aliphatic carboxylic acids is 1. The van der Waals surface area contributed by atoms with Crippen LogP contribution in [0.2, 0.25) is 0 Å². The third-order valence-electron chi connectivity index (χ3n) is 5.17. The highest BCUT2D eigenvalue weighted by atomic mass is 16.5. The number of rotatable bonds is 9. The molecular weight excluding hydrogens is 372 g/mol. The van der Waals surface area contributed by atoms with E-state index in [4.69, 9.17) is 15.2 Å². The maximum atomic E-state index is 12.5. The van der Waals surface area contributed by atoms with Gasteiger partial charge in [0.2, 0.25) is 0 Å². The van der Waals surface area contributed by atoms with Gasteiger partial charge in [-0.1, -0.05) is 48.5 Å². The van der Waals surface area contributed by atoms with E-state index < -0.39 is 17.6 Å². The second kappa shape index (κ2) is 9.07. The van der Waals surface area contributed by atoms with E-state index in [1.165, 1.54) is 0 Å². The van der Waals surface area contributed by atoms with Crippen molar-refractivity contribution in [1.82, 2.24) is 5.32 Å². The number of ether oxygens (including phenoxy) is 2. The van der Waals surface area contributed by atoms with Crippen LogP contribution in [-0.2, 0) is 14.3 Å². The summed E-state index contributed by atoms with van der Waals surface area (Å²) in [4.78, 5) is 23.8. The van der Waals surface area contributed by atoms with Crippen molar-refractivity contribution < 1.29 is 24.2 Å². The fraction of sp³-hybridized carbons (Fsp3) is 0.364. The van der Waals surface area contributed by atoms with Crippen LogP contribution in [0.15, 0.2) is 48.5 Å². The number of carbonyl (C=O) groups is 2. The Kier molecular flexibility index (Phi) is 6.51. The summed E-state index contributed by atoms with van der Waals surface area (Å²) >= 11 is 0. The minimum Gasteiger partial charge on any atom is -0.481 e. The molecule has 154 valence electrons. The van der Waals surface area contributed by atoms with E-state index in [1.807, 2.05) is 36.4 Å². The standard InChI is InChI=1S/C22H26N2O5/c1-2-28-14-22(13-23,11-20(25)26)24-21(27)29-12-19-17-9-5-3-7-15(17)16-8-4-6-10-18(16)19/h3-10,19H,2,11-14,23H2,1H3,(H,24,27)(H,25,26). The van der Waals surface area contributed by atoms with Crippen LogP contribution < -0.4 is 11.1 Å². The molecule has 4 N–H and O–H groups in total. The topological polar surface area (TPSA) is 111 Å². The Morgan fingerprint density at radius 1 is 1.10 bits per heavy atom. The third kappa shape index (κ3) is 4.58. The molecule has 1 aliphatic rings. The average Bonchev–Trinajstić information content (AvgIpc) is 3.04. The first-order valence-corrected chi connectivity index (χ1v) is 9.62. The Labute approximate surface area is 169 Å². The SMILES string of the molecule is CCOCC(CN)(CC(=O)O)NC(=O)OCC1c2ccccc2-c2ccccc21. The summed E-state index contributed by atoms with van der Waals surface area (Å²) in [5.74, 6) is -1.15. The molecule has 0 spiro atoms. The molecule has 0 radical (unpaired) electrons. The highest BCUT2D eigenvalue weighted by molar-refractivity contribution is 5.79. The van der Waals surface area contributed by atoms with Gasteiger partial charge in [0, 0.05) is 19.1 Å². The van der Waals surface area contributed by atoms with Gasteiger partial charge < -0.3 is 25.6 Å². The predicted octanol–water partition coefficient (Wildman–Crippen LogP) is 2.73. The molecule has 0 aliphatic heterocycles. The fourth-order valence-electron chi connectivity index (χ4n) is 3.75. The first-order valence-electron chi connectivity index (χ1n) is 9.62. The molecule has 7 heteroatoms. The van der Waals surface area contributed by atoms with E-state index in [2.05, 4.69) is 17.4 Å². The summed E-state index contributed by atoms with van der Waals surface area (Å²) in [6, 6.07) is 16.1. The van der Waals surface area contributed by atoms with Crippen molar-refractivity contribution in [3.8, 4) is 11.1 Å². The highest BCUT2D eigenvalue weighted by Crippen LogP contribution is 2.44. The molecule has 29 heavy (non-hydrogen) atoms. The van der Waals surface area contributed by atoms with Crippen LogP contribution in [0.4, 0.5) is 4.79 Å². The maximum absolute atomic E-state index is 12.5. The van der Waals surface area contributed by atoms with Crippen LogP contribution in [0.1, 0.15) is 30.4 Å². The van der Waals surface area contributed by atoms with E-state index in [0.29, 0.717) is 6.61 Å². The predicted molar refractivity (Wildman–Crippen MR) is 109 cm³/mol. The maximum Gasteiger partial charge on any atom is 0.407 e. The lowest BCUT2D eigenvalue weighted by Gasteiger charge is -2.31. The monoisotopic (exact) mass is 398 g/mol. The smallest absolute Gasteiger partial charge is 0.407 e. The summed E-state index contributed by atoms with van der Waals surface area (Å²) < 4.78 is 10.9. The first kappa shape index (κ1) is 20.8. The lowest BCUT2D eigenvalue weighted by atomic mass is 9.96. The van der Waals surface area contributed by atoms with Gasteiger partial charge in [0.1, 0.15) is 6.61 Å². The minimum absolute atomic E-state index is 0.00348. The molecule has 7 nitrogen and oxygen atoms in total. The molecular formula is C22H26N2O5. The zero-order valence-corrected chi connectivity index (χ0v) is 16.4. The summed E-state index contributed by atoms with van der Waals surface area (Å²) in [5, 5.41) is 11.8. The molecule has 0 saturated heterocycles. The first-order chi connectivity index (χ1) is 14.0. The molecule has 0 aromatic heterocycles. The zero-order chi connectivity index (χ0) is 20.9. The Morgan fingerprint density at radius 2 is 1.69 bits per heavy atom. The largest absolute Gasteiger partial charge is 0.481 e. The molecule has 0 saturated carbocycles. The molecule has 0 heterocycles. The number of benzene rings is 2. The number of carboxylic acids is 1. The summed E-state index contributed by atoms with van der Waals surface area (Å²) in [6.45, 7) is 2.23. The average molecular weight is 398 g/mol. The second-order valence-electron chi connectivity index (χ2n) is 7.14. The molecule has 3 rings (SSSR count). The fourth-order valence-corrected chi connectivity index (χ4v) is 3.75. The molecule has 0 fully saturated rings. The number of carbonyl (C=O) groups excluding carboxylic acids is 1. The Bertz CT molecular complexity index is 840. The van der Waals surface area contributed by atoms with E-state index in [-0.39, 0.29) is 32.1 Å². The van der Waals surface area contributed by atoms with E-state index in [1.54, 1.807) is 6.92 Å². The lowest BCUT2D eigenvalue weighted by Crippen LogP contribution is -2.58. The van der Waals surface area contributed by atoms with Crippen molar-refractivity contribution in [2.45, 2.75) is 24.8 Å². The number of hydrogen-bond acceptors (Lipinski definition) is 5. The van der Waals surface area contributed by atoms with Gasteiger partial charge in [0.25, 0.3) is 0 Å². The number of alkyl carbamates (subject to hydrolysis) is 1. The number of amides is 1. The molecule has 0 bridgehead atoms. The summed E-state index contributed by atoms with van der Waals surface area (Å²) in [7, 11) is 0. The van der Waals surface area contributed by atoms with Crippen LogP contribution in [0.3, 0.4) is 0 Å². The van der Waals surface area contributed by atoms with Gasteiger partial charge in [-0.25, -0.2) is 4.79 Å². The van der Waals surface area contributed by atoms with Gasteiger partial charge in [0.05, 0.1) is 18.6 Å². The normalized spacial score (nSPS) is 14.6. The van der Waals surface area contributed by atoms with Crippen molar-refractivity contribution in [1.29, 1.82) is 0 Å². The van der Waals surface area contributed by atoms with Crippen LogP contribution in [0.5, 0.6) is 0 Å². The number of carboxylic acid groups (broad SMARTS) is 1. The quantitative estimate of drug-likeness (QED) is 0.599. The van der Waals surface area contributed by atoms with Gasteiger partial charge in [0.15, 0.2) is 0 Å². The van der Waals surface area contributed by atoms with Crippen LogP contribution in [-0.4, -0.2) is 49.1 Å². The van der Waals surface area contributed by atoms with Gasteiger partial charge >= 0.3 is 12.1 Å². The number of nitrogens with one attached hydrogen (secondary N) is 1. The molecule has 2 aromatic rings. The lowest BCUT2D eigenvalue weighted by molar-refractivity contribution is -0.139. The molecule has 1 atom stereocenters. The van der Waals surface area contributed by atoms with Crippen molar-refractivity contribution in [2.24, 2.45) is 5.73 Å². The van der Waals surface area contributed by atoms with Crippen molar-refractivity contribution in [3.05, 3.63) is 59.7 Å². The van der Waals surface area contributed by atoms with Gasteiger partial charge in [-0.05, 0) is 29.2 Å². The zero-order valence-electron chi connectivity index (χ0n) is 16.4. The van der Waals surface area contributed by atoms with Gasteiger partial charge in [-0.2, -0.15) is 0 Å². The summed E-state index contributed by atoms with van der Waals surface area (Å²) in [5.41, 5.74) is 9.03. The molecule has 2 aromatic carbocycles. The van der Waals surface area contributed by atoms with Crippen LogP contribution in [0.25, 0.3) is 11.1 Å². The number of fused-ring (bicyclic) bond motifs is 3. The second-order valence-corrected chi connectivity index (χ2v) is 7.14. The van der Waals surface area contributed by atoms with Gasteiger partial charge in [-0.15, -0.1) is 0 Å². The molecule has 1 amide bonds. The number of nitrogens with two attached hydrogens (primary N) is 1. The Hall–Kier alpha value is -2.90. The molecule has 1 unspecified atom stereocenters. The van der Waals surface area contributed by atoms with E-state index in [9.17, 15) is 14.7 Å². The van der Waals surface area contributed by atoms with Crippen molar-refractivity contribution in [2.75, 3.05) is 26.4 Å². The minimum atomic E-state index is -1.22. The highest BCUT2D eigenvalue weighted by Gasteiger charge is 2.35. The Morgan fingerprint density at radius 3 is 2.21 bits per heavy atom. The Balaban J connectivity index is 1.72. The third-order valence-corrected chi connectivity index (χ3v) is 5.17. The van der Waals surface area contributed by atoms with Crippen LogP contribution in [0, 0.1) is 0 Å². The van der Waals surface area contributed by atoms with Crippen LogP contribution >= 0.6 is 0 Å². The van der Waals surface area contributed by atoms with Crippen molar-refractivity contribution in [3.63, 3.8) is 0 Å². The molecule has 1 aliphatic carbocycles. The van der Waals surface area contributed by atoms with Gasteiger partial charge in [-0.3, -0.25) is 4.79 Å². The summed E-state index contributed by atoms with van der Waals surface area (Å²) in [6.07, 6.45) is -1.06. The number of hydrogen-bond donors (Lipinski definition) is 3. The van der Waals surface area contributed by atoms with E-state index >= 15 is 0 Å². The van der Waals surface area contributed by atoms with Crippen molar-refractivity contribution >= 4 is 12.1 Å².